The van der Waals surface area contributed by atoms with Crippen molar-refractivity contribution < 1.29 is 35.4 Å². The first kappa shape index (κ1) is 24.4. The number of alkyl halides is 3. The predicted molar refractivity (Wildman–Crippen MR) is 120 cm³/mol. The Labute approximate surface area is 198 Å². The SMILES string of the molecule is O=[N+]([O-])c1ccc([C@@H]2O[C@H](c3ccccc3)C/C2=C(/OS(=O)(=O)C(F)(F)F)c2ccccc2)cc1. The molecule has 1 fully saturated rings. The van der Waals surface area contributed by atoms with E-state index in [1.807, 2.05) is 0 Å². The smallest absolute Gasteiger partial charge is 0.375 e. The summed E-state index contributed by atoms with van der Waals surface area (Å²) in [5, 5.41) is 11.1. The maximum absolute atomic E-state index is 13.2. The van der Waals surface area contributed by atoms with Gasteiger partial charge in [-0.1, -0.05) is 60.7 Å². The zero-order valence-electron chi connectivity index (χ0n) is 17.9. The van der Waals surface area contributed by atoms with Crippen molar-refractivity contribution in [1.29, 1.82) is 0 Å². The van der Waals surface area contributed by atoms with E-state index in [9.17, 15) is 31.7 Å². The molecule has 1 aliphatic heterocycles. The largest absolute Gasteiger partial charge is 0.534 e. The zero-order chi connectivity index (χ0) is 25.2. The standard InChI is InChI=1S/C24H18F3NO6S/c25-24(26,27)35(31,32)34-23(17-9-5-2-6-10-17)20-15-21(16-7-3-1-4-8-16)33-22(20)18-11-13-19(14-12-18)28(29)30/h1-14,21-22H,15H2/b23-20-/t21-,22-/m0/s1. The molecule has 0 unspecified atom stereocenters. The van der Waals surface area contributed by atoms with Gasteiger partial charge < -0.3 is 8.92 Å². The molecule has 0 amide bonds. The molecular formula is C24H18F3NO6S. The monoisotopic (exact) mass is 505 g/mol. The molecule has 0 saturated carbocycles. The Morgan fingerprint density at radius 3 is 2.03 bits per heavy atom. The van der Waals surface area contributed by atoms with Gasteiger partial charge in [-0.25, -0.2) is 0 Å². The molecule has 3 aromatic carbocycles. The molecule has 35 heavy (non-hydrogen) atoms. The zero-order valence-corrected chi connectivity index (χ0v) is 18.7. The van der Waals surface area contributed by atoms with Crippen LogP contribution in [0.4, 0.5) is 18.9 Å². The summed E-state index contributed by atoms with van der Waals surface area (Å²) in [7, 11) is -5.99. The highest BCUT2D eigenvalue weighted by atomic mass is 32.2. The van der Waals surface area contributed by atoms with Gasteiger partial charge in [0, 0.05) is 29.7 Å². The van der Waals surface area contributed by atoms with E-state index < -0.39 is 38.5 Å². The van der Waals surface area contributed by atoms with Crippen LogP contribution < -0.4 is 0 Å². The van der Waals surface area contributed by atoms with Crippen LogP contribution in [0.25, 0.3) is 5.76 Å². The third-order valence-corrected chi connectivity index (χ3v) is 6.36. The first-order valence-corrected chi connectivity index (χ1v) is 11.7. The topological polar surface area (TPSA) is 95.7 Å². The summed E-state index contributed by atoms with van der Waals surface area (Å²) in [6.45, 7) is 0. The quantitative estimate of drug-likeness (QED) is 0.133. The number of hydrogen-bond donors (Lipinski definition) is 0. The van der Waals surface area contributed by atoms with Gasteiger partial charge in [0.15, 0.2) is 5.76 Å². The molecule has 0 N–H and O–H groups in total. The fourth-order valence-corrected chi connectivity index (χ4v) is 4.28. The van der Waals surface area contributed by atoms with Crippen LogP contribution in [0.1, 0.15) is 35.3 Å². The third-order valence-electron chi connectivity index (χ3n) is 5.40. The van der Waals surface area contributed by atoms with Gasteiger partial charge in [-0.2, -0.15) is 21.6 Å². The fraction of sp³-hybridized carbons (Fsp3) is 0.167. The molecule has 0 spiro atoms. The first-order valence-electron chi connectivity index (χ1n) is 10.3. The summed E-state index contributed by atoms with van der Waals surface area (Å²) in [5.41, 5.74) is -4.44. The molecule has 182 valence electrons. The van der Waals surface area contributed by atoms with E-state index in [-0.39, 0.29) is 23.2 Å². The number of nitro groups is 1. The molecule has 3 aromatic rings. The lowest BCUT2D eigenvalue weighted by atomic mass is 9.95. The molecule has 1 saturated heterocycles. The minimum absolute atomic E-state index is 0.0310. The van der Waals surface area contributed by atoms with Gasteiger partial charge in [-0.3, -0.25) is 10.1 Å². The van der Waals surface area contributed by atoms with E-state index in [1.54, 1.807) is 36.4 Å². The van der Waals surface area contributed by atoms with Crippen molar-refractivity contribution in [2.45, 2.75) is 24.1 Å². The van der Waals surface area contributed by atoms with Crippen LogP contribution in [0.15, 0.2) is 90.5 Å². The van der Waals surface area contributed by atoms with Crippen molar-refractivity contribution >= 4 is 21.6 Å². The summed E-state index contributed by atoms with van der Waals surface area (Å²) in [5.74, 6) is -0.496. The number of non-ortho nitro benzene ring substituents is 1. The highest BCUT2D eigenvalue weighted by molar-refractivity contribution is 7.87. The molecule has 0 aliphatic carbocycles. The summed E-state index contributed by atoms with van der Waals surface area (Å²) >= 11 is 0. The summed E-state index contributed by atoms with van der Waals surface area (Å²) in [6, 6.07) is 21.7. The molecule has 11 heteroatoms. The summed E-state index contributed by atoms with van der Waals surface area (Å²) < 4.78 is 74.6. The van der Waals surface area contributed by atoms with E-state index >= 15 is 0 Å². The summed E-state index contributed by atoms with van der Waals surface area (Å²) in [4.78, 5) is 10.5. The van der Waals surface area contributed by atoms with Gasteiger partial charge >= 0.3 is 15.6 Å². The van der Waals surface area contributed by atoms with Crippen molar-refractivity contribution in [3.8, 4) is 0 Å². The average Bonchev–Trinajstić information content (AvgIpc) is 3.28. The molecular weight excluding hydrogens is 487 g/mol. The van der Waals surface area contributed by atoms with Crippen molar-refractivity contribution in [3.63, 3.8) is 0 Å². The Hall–Kier alpha value is -3.70. The van der Waals surface area contributed by atoms with Gasteiger partial charge in [0.1, 0.15) is 6.10 Å². The lowest BCUT2D eigenvalue weighted by Gasteiger charge is -2.19. The Balaban J connectivity index is 1.89. The molecule has 7 nitrogen and oxygen atoms in total. The highest BCUT2D eigenvalue weighted by Crippen LogP contribution is 2.49. The second-order valence-electron chi connectivity index (χ2n) is 7.67. The fourth-order valence-electron chi connectivity index (χ4n) is 3.76. The third kappa shape index (κ3) is 5.20. The maximum atomic E-state index is 13.2. The number of hydrogen-bond acceptors (Lipinski definition) is 6. The lowest BCUT2D eigenvalue weighted by molar-refractivity contribution is -0.384. The minimum Gasteiger partial charge on any atom is -0.375 e. The van der Waals surface area contributed by atoms with Crippen LogP contribution in [0.5, 0.6) is 0 Å². The Morgan fingerprint density at radius 1 is 0.914 bits per heavy atom. The average molecular weight is 505 g/mol. The van der Waals surface area contributed by atoms with Gasteiger partial charge in [0.2, 0.25) is 0 Å². The van der Waals surface area contributed by atoms with Crippen LogP contribution in [0.2, 0.25) is 0 Å². The second kappa shape index (κ2) is 9.51. The Bertz CT molecular complexity index is 1340. The Kier molecular flexibility index (Phi) is 6.64. The van der Waals surface area contributed by atoms with Crippen molar-refractivity contribution in [2.24, 2.45) is 0 Å². The summed E-state index contributed by atoms with van der Waals surface area (Å²) in [6.07, 6.45) is -1.61. The molecule has 4 rings (SSSR count). The lowest BCUT2D eigenvalue weighted by Crippen LogP contribution is -2.25. The minimum atomic E-state index is -5.99. The molecule has 0 radical (unpaired) electrons. The number of nitrogens with zero attached hydrogens (tertiary/aromatic N) is 1. The van der Waals surface area contributed by atoms with E-state index in [1.165, 1.54) is 48.5 Å². The molecule has 0 aromatic heterocycles. The van der Waals surface area contributed by atoms with Gasteiger partial charge in [-0.05, 0) is 23.3 Å². The van der Waals surface area contributed by atoms with E-state index in [4.69, 9.17) is 8.92 Å². The van der Waals surface area contributed by atoms with Crippen LogP contribution >= 0.6 is 0 Å². The number of nitro benzene ring substituents is 1. The first-order chi connectivity index (χ1) is 16.6. The number of ether oxygens (including phenoxy) is 1. The van der Waals surface area contributed by atoms with Gasteiger partial charge in [-0.15, -0.1) is 0 Å². The van der Waals surface area contributed by atoms with E-state index in [0.29, 0.717) is 5.56 Å². The maximum Gasteiger partial charge on any atom is 0.534 e. The number of halogens is 3. The normalized spacial score (nSPS) is 19.9. The second-order valence-corrected chi connectivity index (χ2v) is 9.21. The highest BCUT2D eigenvalue weighted by Gasteiger charge is 2.50. The van der Waals surface area contributed by atoms with Crippen molar-refractivity contribution in [3.05, 3.63) is 117 Å². The molecule has 0 bridgehead atoms. The Morgan fingerprint density at radius 2 is 1.49 bits per heavy atom. The molecule has 1 heterocycles. The molecule has 2 atom stereocenters. The van der Waals surface area contributed by atoms with Crippen LogP contribution in [0.3, 0.4) is 0 Å². The molecule has 1 aliphatic rings. The predicted octanol–water partition coefficient (Wildman–Crippen LogP) is 6.08. The van der Waals surface area contributed by atoms with Gasteiger partial charge in [0.05, 0.1) is 11.0 Å². The number of benzene rings is 3. The van der Waals surface area contributed by atoms with Crippen molar-refractivity contribution in [1.82, 2.24) is 0 Å². The van der Waals surface area contributed by atoms with Crippen LogP contribution in [-0.2, 0) is 19.0 Å². The van der Waals surface area contributed by atoms with Gasteiger partial charge in [0.25, 0.3) is 5.69 Å². The van der Waals surface area contributed by atoms with Crippen LogP contribution in [0, 0.1) is 10.1 Å². The van der Waals surface area contributed by atoms with Crippen LogP contribution in [-0.4, -0.2) is 18.8 Å². The van der Waals surface area contributed by atoms with E-state index in [0.717, 1.165) is 5.56 Å². The number of rotatable bonds is 6. The van der Waals surface area contributed by atoms with E-state index in [2.05, 4.69) is 0 Å². The van der Waals surface area contributed by atoms with Crippen molar-refractivity contribution in [2.75, 3.05) is 0 Å².